The van der Waals surface area contributed by atoms with E-state index in [2.05, 4.69) is 11.6 Å². The van der Waals surface area contributed by atoms with Crippen molar-refractivity contribution in [1.29, 1.82) is 0 Å². The van der Waals surface area contributed by atoms with Crippen LogP contribution in [0.4, 0.5) is 5.82 Å². The van der Waals surface area contributed by atoms with Gasteiger partial charge in [-0.05, 0) is 24.6 Å². The highest BCUT2D eigenvalue weighted by molar-refractivity contribution is 7.17. The predicted molar refractivity (Wildman–Crippen MR) is 95.1 cm³/mol. The fourth-order valence-corrected chi connectivity index (χ4v) is 3.58. The van der Waals surface area contributed by atoms with Crippen LogP contribution in [0, 0.1) is 0 Å². The minimum Gasteiger partial charge on any atom is -0.497 e. The summed E-state index contributed by atoms with van der Waals surface area (Å²) in [6.45, 7) is 6.19. The molecule has 0 radical (unpaired) electrons. The number of rotatable bonds is 4. The lowest BCUT2D eigenvalue weighted by Gasteiger charge is -2.09. The van der Waals surface area contributed by atoms with E-state index < -0.39 is 0 Å². The molecule has 0 saturated carbocycles. The molecule has 0 bridgehead atoms. The van der Waals surface area contributed by atoms with Crippen LogP contribution in [-0.2, 0) is 6.54 Å². The van der Waals surface area contributed by atoms with Crippen molar-refractivity contribution in [3.63, 3.8) is 0 Å². The number of fused-ring (bicyclic) bond motifs is 1. The smallest absolute Gasteiger partial charge is 0.350 e. The molecule has 2 N–H and O–H groups in total. The molecule has 0 atom stereocenters. The second kappa shape index (κ2) is 5.89. The van der Waals surface area contributed by atoms with Crippen molar-refractivity contribution in [2.45, 2.75) is 13.5 Å². The zero-order valence-electron chi connectivity index (χ0n) is 13.0. The first-order valence-electron chi connectivity index (χ1n) is 7.07. The minimum absolute atomic E-state index is 0.259. The van der Waals surface area contributed by atoms with Gasteiger partial charge in [0.25, 0.3) is 0 Å². The normalized spacial score (nSPS) is 10.9. The molecule has 0 unspecified atom stereocenters. The number of allylic oxidation sites excluding steroid dienone is 1. The molecule has 0 fully saturated rings. The second-order valence-corrected chi connectivity index (χ2v) is 6.24. The summed E-state index contributed by atoms with van der Waals surface area (Å²) in [5, 5.41) is 2.81. The Morgan fingerprint density at radius 2 is 2.09 bits per heavy atom. The number of anilines is 1. The van der Waals surface area contributed by atoms with Crippen LogP contribution in [-0.4, -0.2) is 16.7 Å². The Labute approximate surface area is 137 Å². The Morgan fingerprint density at radius 1 is 1.39 bits per heavy atom. The number of nitrogen functional groups attached to an aromatic ring is 1. The van der Waals surface area contributed by atoms with E-state index in [1.807, 2.05) is 36.6 Å². The zero-order chi connectivity index (χ0) is 16.6. The SMILES string of the molecule is C=C(C)Cn1c(=O)nc(N)c2c(-c3ccc(OC)cc3)csc21. The average Bonchev–Trinajstić information content (AvgIpc) is 2.96. The summed E-state index contributed by atoms with van der Waals surface area (Å²) < 4.78 is 6.80. The van der Waals surface area contributed by atoms with Gasteiger partial charge >= 0.3 is 5.69 Å². The van der Waals surface area contributed by atoms with Gasteiger partial charge in [-0.15, -0.1) is 11.3 Å². The molecule has 0 aliphatic heterocycles. The number of nitrogens with zero attached hydrogens (tertiary/aromatic N) is 2. The molecule has 0 aliphatic carbocycles. The summed E-state index contributed by atoms with van der Waals surface area (Å²) in [5.74, 6) is 1.05. The van der Waals surface area contributed by atoms with Crippen LogP contribution in [0.3, 0.4) is 0 Å². The molecule has 5 nitrogen and oxygen atoms in total. The van der Waals surface area contributed by atoms with Crippen molar-refractivity contribution < 1.29 is 4.74 Å². The lowest BCUT2D eigenvalue weighted by atomic mass is 10.1. The summed E-state index contributed by atoms with van der Waals surface area (Å²) >= 11 is 1.49. The largest absolute Gasteiger partial charge is 0.497 e. The molecule has 0 aliphatic rings. The standard InChI is InChI=1S/C17H17N3O2S/c1-10(2)8-20-16-14(15(18)19-17(20)21)13(9-23-16)11-4-6-12(22-3)7-5-11/h4-7,9H,1,8H2,2-3H3,(H2,18,19,21). The van der Waals surface area contributed by atoms with Gasteiger partial charge < -0.3 is 10.5 Å². The lowest BCUT2D eigenvalue weighted by molar-refractivity contribution is 0.415. The molecule has 3 aromatic rings. The van der Waals surface area contributed by atoms with Gasteiger partial charge in [-0.25, -0.2) is 4.79 Å². The average molecular weight is 327 g/mol. The molecule has 23 heavy (non-hydrogen) atoms. The highest BCUT2D eigenvalue weighted by atomic mass is 32.1. The fourth-order valence-electron chi connectivity index (χ4n) is 2.49. The summed E-state index contributed by atoms with van der Waals surface area (Å²) in [6.07, 6.45) is 0. The number of ether oxygens (including phenoxy) is 1. The summed E-state index contributed by atoms with van der Waals surface area (Å²) in [5.41, 5.74) is 8.54. The Hall–Kier alpha value is -2.60. The monoisotopic (exact) mass is 327 g/mol. The molecule has 3 rings (SSSR count). The Kier molecular flexibility index (Phi) is 3.92. The van der Waals surface area contributed by atoms with E-state index in [0.717, 1.165) is 32.7 Å². The molecule has 1 aromatic carbocycles. The van der Waals surface area contributed by atoms with Gasteiger partial charge in [0, 0.05) is 17.5 Å². The van der Waals surface area contributed by atoms with E-state index in [1.165, 1.54) is 11.3 Å². The number of thiophene rings is 1. The van der Waals surface area contributed by atoms with Crippen molar-refractivity contribution >= 4 is 27.4 Å². The molecule has 0 spiro atoms. The van der Waals surface area contributed by atoms with Crippen molar-refractivity contribution in [2.75, 3.05) is 12.8 Å². The highest BCUT2D eigenvalue weighted by Crippen LogP contribution is 2.36. The third-order valence-electron chi connectivity index (χ3n) is 3.55. The van der Waals surface area contributed by atoms with Gasteiger partial charge in [0.15, 0.2) is 0 Å². The third kappa shape index (κ3) is 2.73. The number of hydrogen-bond acceptors (Lipinski definition) is 5. The summed E-state index contributed by atoms with van der Waals surface area (Å²) in [6, 6.07) is 7.72. The number of methoxy groups -OCH3 is 1. The number of benzene rings is 1. The van der Waals surface area contributed by atoms with E-state index >= 15 is 0 Å². The predicted octanol–water partition coefficient (Wildman–Crippen LogP) is 3.29. The van der Waals surface area contributed by atoms with Gasteiger partial charge in [0.05, 0.1) is 12.5 Å². The fraction of sp³-hybridized carbons (Fsp3) is 0.176. The van der Waals surface area contributed by atoms with Crippen LogP contribution < -0.4 is 16.2 Å². The maximum absolute atomic E-state index is 12.1. The van der Waals surface area contributed by atoms with Crippen LogP contribution in [0.15, 0.2) is 46.6 Å². The summed E-state index contributed by atoms with van der Waals surface area (Å²) in [7, 11) is 1.63. The van der Waals surface area contributed by atoms with Crippen molar-refractivity contribution in [3.05, 3.63) is 52.3 Å². The number of hydrogen-bond donors (Lipinski definition) is 1. The van der Waals surface area contributed by atoms with E-state index in [-0.39, 0.29) is 11.5 Å². The van der Waals surface area contributed by atoms with Crippen LogP contribution in [0.1, 0.15) is 6.92 Å². The topological polar surface area (TPSA) is 70.1 Å². The molecule has 2 heterocycles. The van der Waals surface area contributed by atoms with Crippen LogP contribution in [0.25, 0.3) is 21.3 Å². The van der Waals surface area contributed by atoms with Crippen LogP contribution in [0.5, 0.6) is 5.75 Å². The second-order valence-electron chi connectivity index (χ2n) is 5.38. The molecular formula is C17H17N3O2S. The summed E-state index contributed by atoms with van der Waals surface area (Å²) in [4.78, 5) is 16.9. The van der Waals surface area contributed by atoms with Gasteiger partial charge in [0.1, 0.15) is 16.4 Å². The number of nitrogens with two attached hydrogens (primary N) is 1. The van der Waals surface area contributed by atoms with E-state index in [9.17, 15) is 4.79 Å². The lowest BCUT2D eigenvalue weighted by Crippen LogP contribution is -2.24. The van der Waals surface area contributed by atoms with Crippen LogP contribution >= 0.6 is 11.3 Å². The Balaban J connectivity index is 2.23. The van der Waals surface area contributed by atoms with Gasteiger partial charge in [-0.3, -0.25) is 4.57 Å². The first-order chi connectivity index (χ1) is 11.0. The molecular weight excluding hydrogens is 310 g/mol. The minimum atomic E-state index is -0.346. The van der Waals surface area contributed by atoms with E-state index in [0.29, 0.717) is 6.54 Å². The quantitative estimate of drug-likeness (QED) is 0.747. The molecule has 6 heteroatoms. The maximum atomic E-state index is 12.1. The highest BCUT2D eigenvalue weighted by Gasteiger charge is 2.16. The number of aromatic nitrogens is 2. The van der Waals surface area contributed by atoms with Crippen molar-refractivity contribution in [1.82, 2.24) is 9.55 Å². The molecule has 118 valence electrons. The third-order valence-corrected chi connectivity index (χ3v) is 4.55. The van der Waals surface area contributed by atoms with Crippen molar-refractivity contribution in [2.24, 2.45) is 0 Å². The molecule has 0 saturated heterocycles. The van der Waals surface area contributed by atoms with Gasteiger partial charge in [-0.2, -0.15) is 4.98 Å². The molecule has 2 aromatic heterocycles. The first kappa shape index (κ1) is 15.3. The Morgan fingerprint density at radius 3 is 2.70 bits per heavy atom. The van der Waals surface area contributed by atoms with Crippen molar-refractivity contribution in [3.8, 4) is 16.9 Å². The van der Waals surface area contributed by atoms with Crippen LogP contribution in [0.2, 0.25) is 0 Å². The maximum Gasteiger partial charge on any atom is 0.350 e. The van der Waals surface area contributed by atoms with E-state index in [4.69, 9.17) is 10.5 Å². The first-order valence-corrected chi connectivity index (χ1v) is 7.95. The van der Waals surface area contributed by atoms with Gasteiger partial charge in [-0.1, -0.05) is 24.3 Å². The Bertz CT molecular complexity index is 939. The van der Waals surface area contributed by atoms with E-state index in [1.54, 1.807) is 11.7 Å². The van der Waals surface area contributed by atoms with Gasteiger partial charge in [0.2, 0.25) is 0 Å². The molecule has 0 amide bonds. The zero-order valence-corrected chi connectivity index (χ0v) is 13.8.